The highest BCUT2D eigenvalue weighted by atomic mass is 16.3. The molecule has 0 saturated carbocycles. The smallest absolute Gasteiger partial charge is 0.310 e. The molecule has 0 saturated heterocycles. The van der Waals surface area contributed by atoms with E-state index in [1.807, 2.05) is 54.6 Å². The predicted molar refractivity (Wildman–Crippen MR) is 125 cm³/mol. The van der Waals surface area contributed by atoms with Crippen molar-refractivity contribution in [1.29, 1.82) is 0 Å². The maximum atomic E-state index is 13.2. The van der Waals surface area contributed by atoms with E-state index in [1.54, 1.807) is 18.3 Å². The van der Waals surface area contributed by atoms with E-state index in [0.29, 0.717) is 22.0 Å². The van der Waals surface area contributed by atoms with Crippen LogP contribution in [-0.2, 0) is 0 Å². The van der Waals surface area contributed by atoms with E-state index in [1.165, 1.54) is 4.40 Å². The molecule has 0 fully saturated rings. The molecule has 0 radical (unpaired) electrons. The van der Waals surface area contributed by atoms with Crippen LogP contribution < -0.4 is 5.56 Å². The van der Waals surface area contributed by atoms with Gasteiger partial charge in [0.05, 0.1) is 33.1 Å². The summed E-state index contributed by atoms with van der Waals surface area (Å²) in [6.45, 7) is 0. The lowest BCUT2D eigenvalue weighted by Crippen LogP contribution is -2.12. The summed E-state index contributed by atoms with van der Waals surface area (Å²) in [5.41, 5.74) is 5.17. The average molecular weight is 414 g/mol. The fourth-order valence-electron chi connectivity index (χ4n) is 4.31. The van der Waals surface area contributed by atoms with Crippen molar-refractivity contribution in [3.63, 3.8) is 0 Å². The van der Waals surface area contributed by atoms with Gasteiger partial charge in [-0.1, -0.05) is 42.5 Å². The van der Waals surface area contributed by atoms with Crippen molar-refractivity contribution < 1.29 is 4.42 Å². The van der Waals surface area contributed by atoms with Gasteiger partial charge in [-0.2, -0.15) is 4.98 Å². The first kappa shape index (κ1) is 17.1. The van der Waals surface area contributed by atoms with E-state index >= 15 is 0 Å². The first-order valence-electron chi connectivity index (χ1n) is 10.3. The Bertz CT molecular complexity index is 1920. The summed E-state index contributed by atoms with van der Waals surface area (Å²) in [6, 6.07) is 25.1. The monoisotopic (exact) mass is 414 g/mol. The third-order valence-corrected chi connectivity index (χ3v) is 5.87. The largest absolute Gasteiger partial charge is 0.424 e. The molecule has 0 bridgehead atoms. The zero-order chi connectivity index (χ0) is 21.2. The van der Waals surface area contributed by atoms with Gasteiger partial charge in [0.15, 0.2) is 0 Å². The second-order valence-electron chi connectivity index (χ2n) is 7.75. The normalized spacial score (nSPS) is 11.9. The molecule has 150 valence electrons. The van der Waals surface area contributed by atoms with Crippen LogP contribution in [-0.4, -0.2) is 19.4 Å². The third-order valence-electron chi connectivity index (χ3n) is 5.87. The molecule has 4 heterocycles. The summed E-state index contributed by atoms with van der Waals surface area (Å²) >= 11 is 0. The summed E-state index contributed by atoms with van der Waals surface area (Å²) in [5.74, 6) is 0.280. The Morgan fingerprint density at radius 2 is 1.62 bits per heavy atom. The Balaban J connectivity index is 1.51. The second kappa shape index (κ2) is 6.21. The Morgan fingerprint density at radius 3 is 2.56 bits per heavy atom. The maximum absolute atomic E-state index is 13.2. The number of fused-ring (bicyclic) bond motifs is 7. The highest BCUT2D eigenvalue weighted by Crippen LogP contribution is 2.28. The van der Waals surface area contributed by atoms with Gasteiger partial charge >= 0.3 is 5.84 Å². The predicted octanol–water partition coefficient (Wildman–Crippen LogP) is 5.36. The van der Waals surface area contributed by atoms with Crippen LogP contribution in [0.25, 0.3) is 60.9 Å². The van der Waals surface area contributed by atoms with Crippen LogP contribution in [0.5, 0.6) is 0 Å². The number of hydrogen-bond donors (Lipinski definition) is 0. The molecule has 32 heavy (non-hydrogen) atoms. The van der Waals surface area contributed by atoms with E-state index in [-0.39, 0.29) is 11.4 Å². The average Bonchev–Trinajstić information content (AvgIpc) is 3.21. The fraction of sp³-hybridized carbons (Fsp3) is 0. The zero-order valence-corrected chi connectivity index (χ0v) is 16.7. The number of para-hydroxylation sites is 1. The van der Waals surface area contributed by atoms with Crippen LogP contribution in [0, 0.1) is 0 Å². The molecule has 0 N–H and O–H groups in total. The molecule has 0 aliphatic carbocycles. The number of benzene rings is 3. The molecule has 0 atom stereocenters. The van der Waals surface area contributed by atoms with Crippen LogP contribution in [0.3, 0.4) is 0 Å². The highest BCUT2D eigenvalue weighted by Gasteiger charge is 2.14. The zero-order valence-electron chi connectivity index (χ0n) is 16.7. The molecule has 4 aromatic heterocycles. The van der Waals surface area contributed by atoms with E-state index in [2.05, 4.69) is 22.1 Å². The molecule has 0 amide bonds. The Hall–Kier alpha value is -4.58. The van der Waals surface area contributed by atoms with Gasteiger partial charge in [0.25, 0.3) is 5.56 Å². The van der Waals surface area contributed by atoms with E-state index in [4.69, 9.17) is 9.40 Å². The first-order valence-corrected chi connectivity index (χ1v) is 10.3. The summed E-state index contributed by atoms with van der Waals surface area (Å²) in [4.78, 5) is 27.1. The van der Waals surface area contributed by atoms with Crippen LogP contribution in [0.4, 0.5) is 0 Å². The topological polar surface area (TPSA) is 73.3 Å². The summed E-state index contributed by atoms with van der Waals surface area (Å²) in [6.07, 6.45) is 1.78. The van der Waals surface area contributed by atoms with Crippen molar-refractivity contribution in [2.24, 2.45) is 0 Å². The highest BCUT2D eigenvalue weighted by molar-refractivity contribution is 6.03. The number of hydrogen-bond acceptors (Lipinski definition) is 5. The SMILES string of the molecule is O=c1c2ccccc2oc2nc3ccc(-c4ccc5ccc6cccnc6c5n4)cc3n12. The molecule has 6 heteroatoms. The van der Waals surface area contributed by atoms with Gasteiger partial charge in [0.2, 0.25) is 0 Å². The van der Waals surface area contributed by atoms with Crippen molar-refractivity contribution in [2.45, 2.75) is 0 Å². The van der Waals surface area contributed by atoms with Crippen LogP contribution in [0.15, 0.2) is 94.3 Å². The molecular weight excluding hydrogens is 400 g/mol. The van der Waals surface area contributed by atoms with Gasteiger partial charge in [-0.15, -0.1) is 0 Å². The first-order chi connectivity index (χ1) is 15.8. The fourth-order valence-corrected chi connectivity index (χ4v) is 4.31. The molecule has 0 aliphatic rings. The van der Waals surface area contributed by atoms with Crippen molar-refractivity contribution >= 4 is 49.7 Å². The molecule has 6 nitrogen and oxygen atoms in total. The molecule has 3 aromatic carbocycles. The Morgan fingerprint density at radius 1 is 0.781 bits per heavy atom. The minimum Gasteiger partial charge on any atom is -0.424 e. The number of rotatable bonds is 1. The van der Waals surface area contributed by atoms with Crippen LogP contribution in [0.1, 0.15) is 0 Å². The number of aromatic nitrogens is 4. The number of pyridine rings is 2. The molecule has 7 rings (SSSR count). The number of nitrogens with zero attached hydrogens (tertiary/aromatic N) is 4. The van der Waals surface area contributed by atoms with E-state index < -0.39 is 0 Å². The maximum Gasteiger partial charge on any atom is 0.310 e. The minimum atomic E-state index is -0.150. The van der Waals surface area contributed by atoms with Crippen molar-refractivity contribution in [3.8, 4) is 11.3 Å². The molecule has 0 aliphatic heterocycles. The van der Waals surface area contributed by atoms with Crippen LogP contribution >= 0.6 is 0 Å². The Kier molecular flexibility index (Phi) is 3.33. The van der Waals surface area contributed by atoms with Crippen LogP contribution in [0.2, 0.25) is 0 Å². The summed E-state index contributed by atoms with van der Waals surface area (Å²) in [7, 11) is 0. The van der Waals surface area contributed by atoms with Gasteiger partial charge in [0, 0.05) is 22.5 Å². The van der Waals surface area contributed by atoms with Gasteiger partial charge in [0.1, 0.15) is 5.58 Å². The lowest BCUT2D eigenvalue weighted by molar-refractivity contribution is 0.616. The van der Waals surface area contributed by atoms with E-state index in [9.17, 15) is 4.79 Å². The van der Waals surface area contributed by atoms with Crippen molar-refractivity contribution in [3.05, 3.63) is 95.4 Å². The molecule has 0 spiro atoms. The lowest BCUT2D eigenvalue weighted by Gasteiger charge is -2.06. The van der Waals surface area contributed by atoms with Gasteiger partial charge in [-0.3, -0.25) is 9.78 Å². The summed E-state index contributed by atoms with van der Waals surface area (Å²) in [5, 5.41) is 2.60. The Labute approximate surface area is 180 Å². The van der Waals surface area contributed by atoms with Crippen molar-refractivity contribution in [2.75, 3.05) is 0 Å². The summed E-state index contributed by atoms with van der Waals surface area (Å²) < 4.78 is 7.42. The quantitative estimate of drug-likeness (QED) is 0.338. The van der Waals surface area contributed by atoms with Crippen molar-refractivity contribution in [1.82, 2.24) is 19.4 Å². The second-order valence-corrected chi connectivity index (χ2v) is 7.75. The van der Waals surface area contributed by atoms with E-state index in [0.717, 1.165) is 33.1 Å². The molecular formula is C26H14N4O2. The van der Waals surface area contributed by atoms with Gasteiger partial charge < -0.3 is 4.42 Å². The molecule has 7 aromatic rings. The van der Waals surface area contributed by atoms with Gasteiger partial charge in [-0.25, -0.2) is 9.38 Å². The molecule has 0 unspecified atom stereocenters. The lowest BCUT2D eigenvalue weighted by atomic mass is 10.1. The standard InChI is InChI=1S/C26H14N4O2/c31-25-18-5-1-2-6-22(18)32-26-29-20-12-10-17(14-21(20)30(25)26)19-11-9-16-8-7-15-4-3-13-27-23(15)24(16)28-19/h1-14H. The van der Waals surface area contributed by atoms with Gasteiger partial charge in [-0.05, 0) is 36.4 Å². The third kappa shape index (κ3) is 2.34. The number of imidazole rings is 1. The minimum absolute atomic E-state index is 0.150.